The van der Waals surface area contributed by atoms with Crippen LogP contribution in [0.2, 0.25) is 0 Å². The number of aryl methyl sites for hydroxylation is 9. The monoisotopic (exact) mass is 2120 g/mol. The molecule has 0 saturated heterocycles. The Kier molecular flexibility index (Phi) is 28.6. The van der Waals surface area contributed by atoms with E-state index in [1.807, 2.05) is 152 Å². The quantitative estimate of drug-likeness (QED) is 0.112. The molecule has 540 valence electrons. The zero-order chi connectivity index (χ0) is 70.6. The largest absolute Gasteiger partial charge is 0.625 e. The van der Waals surface area contributed by atoms with E-state index in [0.29, 0.717) is 11.7 Å². The molecule has 0 amide bonds. The molecular formula is C90H76Ir4N10OS-6. The van der Waals surface area contributed by atoms with E-state index in [1.54, 1.807) is 11.7 Å². The molecule has 4 radical (unpaired) electrons. The number of hydrazone groups is 2. The van der Waals surface area contributed by atoms with E-state index in [4.69, 9.17) is 19.8 Å². The molecule has 2 aromatic heterocycles. The maximum absolute atomic E-state index is 5.74. The van der Waals surface area contributed by atoms with Crippen LogP contribution in [0.25, 0.3) is 89.2 Å². The van der Waals surface area contributed by atoms with E-state index in [9.17, 15) is 0 Å². The van der Waals surface area contributed by atoms with Gasteiger partial charge in [0.2, 0.25) is 5.90 Å². The van der Waals surface area contributed by atoms with E-state index in [-0.39, 0.29) is 80.4 Å². The topological polar surface area (TPSA) is 100 Å². The molecule has 0 fully saturated rings. The first-order valence-corrected chi connectivity index (χ1v) is 34.6. The van der Waals surface area contributed by atoms with Crippen molar-refractivity contribution in [2.45, 2.75) is 55.4 Å². The molecule has 0 saturated carbocycles. The fraction of sp³-hybridized carbons (Fsp3) is 0.111. The number of para-hydroxylation sites is 2. The molecule has 16 heteroatoms. The van der Waals surface area contributed by atoms with Crippen molar-refractivity contribution >= 4 is 34.6 Å². The fourth-order valence-corrected chi connectivity index (χ4v) is 13.8. The van der Waals surface area contributed by atoms with Crippen LogP contribution in [0, 0.1) is 93.1 Å². The molecule has 0 N–H and O–H groups in total. The number of benzene rings is 12. The Bertz CT molecular complexity index is 5170. The molecular weight excluding hydrogens is 2040 g/mol. The first kappa shape index (κ1) is 80.6. The third kappa shape index (κ3) is 19.0. The van der Waals surface area contributed by atoms with Gasteiger partial charge in [-0.2, -0.15) is 58.7 Å². The fourth-order valence-electron chi connectivity index (χ4n) is 12.9. The second-order valence-corrected chi connectivity index (χ2v) is 26.0. The molecule has 14 aromatic rings. The van der Waals surface area contributed by atoms with Crippen molar-refractivity contribution < 1.29 is 85.2 Å². The minimum atomic E-state index is 0. The molecule has 11 nitrogen and oxygen atoms in total. The van der Waals surface area contributed by atoms with Crippen molar-refractivity contribution in [1.29, 1.82) is 0 Å². The van der Waals surface area contributed by atoms with Crippen LogP contribution in [0.1, 0.15) is 55.6 Å². The Hall–Kier alpha value is -9.52. The Balaban J connectivity index is 0.000000161. The molecule has 0 aliphatic carbocycles. The summed E-state index contributed by atoms with van der Waals surface area (Å²) in [4.78, 5) is 11.6. The van der Waals surface area contributed by atoms with Gasteiger partial charge in [-0.05, 0) is 163 Å². The number of hydrogen-bond donors (Lipinski definition) is 0. The second-order valence-electron chi connectivity index (χ2n) is 25.2. The van der Waals surface area contributed by atoms with Crippen LogP contribution >= 0.6 is 11.5 Å². The molecule has 0 bridgehead atoms. The Labute approximate surface area is 681 Å². The van der Waals surface area contributed by atoms with Crippen molar-refractivity contribution in [3.63, 3.8) is 0 Å². The number of nitrogens with zero attached hydrogens (tertiary/aromatic N) is 10. The van der Waals surface area contributed by atoms with Gasteiger partial charge in [0, 0.05) is 110 Å². The van der Waals surface area contributed by atoms with Crippen molar-refractivity contribution in [3.05, 3.63) is 360 Å². The maximum Gasteiger partial charge on any atom is 0.206 e. The van der Waals surface area contributed by atoms with Crippen molar-refractivity contribution in [2.24, 2.45) is 17.3 Å². The predicted molar refractivity (Wildman–Crippen MR) is 419 cm³/mol. The molecule has 12 aromatic carbocycles. The summed E-state index contributed by atoms with van der Waals surface area (Å²) in [6.07, 6.45) is 0. The number of amidine groups is 1. The average molecular weight is 2110 g/mol. The van der Waals surface area contributed by atoms with Gasteiger partial charge in [-0.25, -0.2) is 9.47 Å². The summed E-state index contributed by atoms with van der Waals surface area (Å²) < 4.78 is 12.1. The smallest absolute Gasteiger partial charge is 0.206 e. The van der Waals surface area contributed by atoms with Gasteiger partial charge in [0.25, 0.3) is 0 Å². The van der Waals surface area contributed by atoms with Crippen LogP contribution in [0.4, 0.5) is 11.4 Å². The molecule has 2 aliphatic heterocycles. The van der Waals surface area contributed by atoms with Crippen LogP contribution < -0.4 is 10.0 Å². The average Bonchev–Trinajstić information content (AvgIpc) is 1.56. The summed E-state index contributed by atoms with van der Waals surface area (Å²) >= 11 is 1.45. The first-order valence-electron chi connectivity index (χ1n) is 33.8. The molecule has 0 spiro atoms. The molecule has 106 heavy (non-hydrogen) atoms. The zero-order valence-electron chi connectivity index (χ0n) is 60.2. The summed E-state index contributed by atoms with van der Waals surface area (Å²) in [5, 5.41) is 18.6. The standard InChI is InChI=1S/C23H21N3.C23H20N3.C22H18N2O.C22H17N2S.4Ir/c1-17-14-20(19-10-6-4-7-11-19)15-18(2)22(17)23-24-26(16-25(23)3)21-12-8-5-9-13-21;1-16-14-20(18-10-6-4-7-11-18)15-17(2)21(16)23-24-22(25-26(23)3)19-12-8-5-9-13-19;1-16-13-19(18-9-5-3-6-10-18)14-17(2)21(16)22-23-24(15-25-22)20-11-7-4-8-12-20;1-15-13-19(17-9-5-3-6-10-17)14-16(2)20(15)22-23-21(24-25-22)18-11-7-4-8-12-18;;;;/h4-12,14-16H,1-3H3;4-12,14-15H,1-3H3;3-11,13-15H,1-2H3;3-11,13-14H,1-2H3;;;;/q-2;-1;-2;-1;;;;. The number of ether oxygens (including phenoxy) is 1. The van der Waals surface area contributed by atoms with Crippen LogP contribution in [0.15, 0.2) is 277 Å². The Morgan fingerprint density at radius 1 is 0.358 bits per heavy atom. The van der Waals surface area contributed by atoms with E-state index >= 15 is 0 Å². The first-order chi connectivity index (χ1) is 49.7. The molecule has 16 rings (SSSR count). The Morgan fingerprint density at radius 3 is 1.13 bits per heavy atom. The SMILES string of the molecule is Cc1cc(-c2ccccc2)cc(C)c1-c1nc(-c2[c-]cccc2)nn1C.Cc1cc(-c2ccccc2)cc(C)c1-c1nc(-c2[c-]cccc2)ns1.Cc1cc(-c2ccccc2)cc(C)c1C1=NN(c2[c-]cccc2)[CH-]N1C.Cc1cc(-c2ccccc2)cc(C)c1C1=NN(c2[c-]cccc2)[CH-]O1.[Ir].[Ir].[Ir].[Ir]. The third-order valence-electron chi connectivity index (χ3n) is 17.7. The van der Waals surface area contributed by atoms with Gasteiger partial charge >= 0.3 is 0 Å². The van der Waals surface area contributed by atoms with Crippen LogP contribution in [-0.2, 0) is 92.2 Å². The third-order valence-corrected chi connectivity index (χ3v) is 18.4. The molecule has 2 aliphatic rings. The minimum absolute atomic E-state index is 0. The second kappa shape index (κ2) is 37.6. The molecule has 4 heterocycles. The van der Waals surface area contributed by atoms with Crippen molar-refractivity contribution in [2.75, 3.05) is 17.1 Å². The van der Waals surface area contributed by atoms with E-state index in [0.717, 1.165) is 67.2 Å². The van der Waals surface area contributed by atoms with Gasteiger partial charge in [0.15, 0.2) is 0 Å². The minimum Gasteiger partial charge on any atom is -0.625 e. The number of aromatic nitrogens is 5. The van der Waals surface area contributed by atoms with E-state index < -0.39 is 0 Å². The number of hydrogen-bond acceptors (Lipinski definition) is 11. The summed E-state index contributed by atoms with van der Waals surface area (Å²) in [5.74, 6) is 3.90. The summed E-state index contributed by atoms with van der Waals surface area (Å²) in [6, 6.07) is 104. The van der Waals surface area contributed by atoms with Crippen molar-refractivity contribution in [1.82, 2.24) is 29.0 Å². The predicted octanol–water partition coefficient (Wildman–Crippen LogP) is 21.3. The van der Waals surface area contributed by atoms with Gasteiger partial charge in [-0.3, -0.25) is 14.6 Å². The van der Waals surface area contributed by atoms with Gasteiger partial charge in [0.05, 0.1) is 11.6 Å². The van der Waals surface area contributed by atoms with Gasteiger partial charge in [0.1, 0.15) is 16.7 Å². The van der Waals surface area contributed by atoms with Crippen LogP contribution in [0.5, 0.6) is 0 Å². The van der Waals surface area contributed by atoms with E-state index in [1.165, 1.54) is 101 Å². The summed E-state index contributed by atoms with van der Waals surface area (Å²) in [7, 11) is 3.98. The van der Waals surface area contributed by atoms with Gasteiger partial charge < -0.3 is 19.7 Å². The van der Waals surface area contributed by atoms with E-state index in [2.05, 4.69) is 245 Å². The normalized spacial score (nSPS) is 11.8. The summed E-state index contributed by atoms with van der Waals surface area (Å²) in [6.45, 7) is 20.7. The van der Waals surface area contributed by atoms with Crippen molar-refractivity contribution in [3.8, 4) is 89.2 Å². The van der Waals surface area contributed by atoms with Crippen LogP contribution in [0.3, 0.4) is 0 Å². The zero-order valence-corrected chi connectivity index (χ0v) is 70.6. The van der Waals surface area contributed by atoms with Gasteiger partial charge in [-0.1, -0.05) is 188 Å². The Morgan fingerprint density at radius 2 is 0.726 bits per heavy atom. The number of anilines is 2. The van der Waals surface area contributed by atoms with Crippen LogP contribution in [-0.4, -0.2) is 47.8 Å². The molecule has 0 unspecified atom stereocenters. The maximum atomic E-state index is 5.74. The molecule has 0 atom stereocenters. The summed E-state index contributed by atoms with van der Waals surface area (Å²) in [5.41, 5.74) is 27.5. The number of rotatable bonds is 12. The van der Waals surface area contributed by atoms with Gasteiger partial charge in [-0.15, -0.1) is 90.6 Å².